The number of carbonyl (C=O) groups excluding carboxylic acids is 1. The van der Waals surface area contributed by atoms with Crippen molar-refractivity contribution in [3.05, 3.63) is 52.7 Å². The Morgan fingerprint density at radius 2 is 1.68 bits per heavy atom. The summed E-state index contributed by atoms with van der Waals surface area (Å²) in [6.07, 6.45) is 1.16. The summed E-state index contributed by atoms with van der Waals surface area (Å²) in [5, 5.41) is 2.15. The van der Waals surface area contributed by atoms with Crippen LogP contribution in [0.4, 0.5) is 5.69 Å². The number of hydrogen-bond acceptors (Lipinski definition) is 4. The number of rotatable bonds is 7. The first-order valence-electron chi connectivity index (χ1n) is 9.02. The van der Waals surface area contributed by atoms with Crippen LogP contribution < -0.4 is 4.90 Å². The summed E-state index contributed by atoms with van der Waals surface area (Å²) < 4.78 is 0. The monoisotopic (exact) mass is 357 g/mol. The third-order valence-electron chi connectivity index (χ3n) is 4.81. The van der Waals surface area contributed by atoms with E-state index in [4.69, 9.17) is 0 Å². The summed E-state index contributed by atoms with van der Waals surface area (Å²) >= 11 is 1.85. The molecule has 25 heavy (non-hydrogen) atoms. The van der Waals surface area contributed by atoms with Crippen molar-refractivity contribution in [2.75, 3.05) is 50.7 Å². The lowest BCUT2D eigenvalue weighted by Gasteiger charge is -2.35. The maximum Gasteiger partial charge on any atom is 0.223 e. The molecule has 5 heteroatoms. The van der Waals surface area contributed by atoms with E-state index < -0.39 is 0 Å². The third-order valence-corrected chi connectivity index (χ3v) is 5.74. The van der Waals surface area contributed by atoms with Crippen LogP contribution in [0.1, 0.15) is 11.8 Å². The first-order valence-corrected chi connectivity index (χ1v) is 9.90. The van der Waals surface area contributed by atoms with Gasteiger partial charge in [0, 0.05) is 63.3 Å². The van der Waals surface area contributed by atoms with Crippen molar-refractivity contribution >= 4 is 22.9 Å². The van der Waals surface area contributed by atoms with Gasteiger partial charge in [-0.25, -0.2) is 0 Å². The van der Waals surface area contributed by atoms with Gasteiger partial charge in [0.15, 0.2) is 0 Å². The zero-order valence-corrected chi connectivity index (χ0v) is 15.8. The topological polar surface area (TPSA) is 26.8 Å². The average molecular weight is 358 g/mol. The predicted molar refractivity (Wildman–Crippen MR) is 105 cm³/mol. The maximum atomic E-state index is 12.0. The Morgan fingerprint density at radius 3 is 2.28 bits per heavy atom. The molecule has 1 saturated heterocycles. The van der Waals surface area contributed by atoms with Gasteiger partial charge < -0.3 is 9.80 Å². The highest BCUT2D eigenvalue weighted by atomic mass is 32.1. The Labute approximate surface area is 154 Å². The predicted octanol–water partition coefficient (Wildman–Crippen LogP) is 2.96. The van der Waals surface area contributed by atoms with Gasteiger partial charge in [0.1, 0.15) is 0 Å². The quantitative estimate of drug-likeness (QED) is 0.762. The molecule has 0 spiro atoms. The number of benzene rings is 1. The van der Waals surface area contributed by atoms with E-state index in [1.54, 1.807) is 6.92 Å². The van der Waals surface area contributed by atoms with Crippen molar-refractivity contribution in [1.29, 1.82) is 0 Å². The smallest absolute Gasteiger partial charge is 0.223 e. The van der Waals surface area contributed by atoms with E-state index in [9.17, 15) is 4.79 Å². The zero-order valence-electron chi connectivity index (χ0n) is 14.9. The first kappa shape index (κ1) is 18.1. The number of carbonyl (C=O) groups is 1. The summed E-state index contributed by atoms with van der Waals surface area (Å²) in [4.78, 5) is 20.3. The van der Waals surface area contributed by atoms with Crippen molar-refractivity contribution in [2.24, 2.45) is 0 Å². The highest BCUT2D eigenvalue weighted by Crippen LogP contribution is 2.14. The van der Waals surface area contributed by atoms with Crippen molar-refractivity contribution in [2.45, 2.75) is 13.3 Å². The molecule has 1 fully saturated rings. The van der Waals surface area contributed by atoms with Gasteiger partial charge >= 0.3 is 0 Å². The summed E-state index contributed by atoms with van der Waals surface area (Å²) in [5.74, 6) is 0.112. The lowest BCUT2D eigenvalue weighted by atomic mass is 10.2. The van der Waals surface area contributed by atoms with Gasteiger partial charge in [0.25, 0.3) is 0 Å². The Bertz CT molecular complexity index is 636. The molecule has 3 rings (SSSR count). The fourth-order valence-corrected chi connectivity index (χ4v) is 3.98. The molecule has 0 bridgehead atoms. The number of para-hydroxylation sites is 1. The molecule has 1 aliphatic heterocycles. The van der Waals surface area contributed by atoms with Gasteiger partial charge in [0.05, 0.1) is 0 Å². The standard InChI is InChI=1S/C20H27N3OS/c1-18(24)23(19-6-3-2-4-7-19)16-15-22-13-11-21(12-14-22)10-9-20-8-5-17-25-20/h2-8,17H,9-16H2,1H3. The van der Waals surface area contributed by atoms with Gasteiger partial charge in [-0.15, -0.1) is 11.3 Å². The van der Waals surface area contributed by atoms with Crippen LogP contribution in [0.2, 0.25) is 0 Å². The molecule has 0 aliphatic carbocycles. The van der Waals surface area contributed by atoms with Gasteiger partial charge in [-0.3, -0.25) is 9.69 Å². The highest BCUT2D eigenvalue weighted by Gasteiger charge is 2.18. The zero-order chi connectivity index (χ0) is 17.5. The van der Waals surface area contributed by atoms with E-state index in [-0.39, 0.29) is 5.91 Å². The van der Waals surface area contributed by atoms with Crippen LogP contribution in [0.25, 0.3) is 0 Å². The molecule has 4 nitrogen and oxygen atoms in total. The van der Waals surface area contributed by atoms with Gasteiger partial charge in [-0.1, -0.05) is 24.3 Å². The number of anilines is 1. The average Bonchev–Trinajstić information content (AvgIpc) is 3.15. The third kappa shape index (κ3) is 5.39. The van der Waals surface area contributed by atoms with Crippen LogP contribution in [0.3, 0.4) is 0 Å². The normalized spacial score (nSPS) is 16.0. The van der Waals surface area contributed by atoms with Gasteiger partial charge in [0.2, 0.25) is 5.91 Å². The molecule has 1 aliphatic rings. The minimum atomic E-state index is 0.112. The molecule has 0 saturated carbocycles. The largest absolute Gasteiger partial charge is 0.311 e. The van der Waals surface area contributed by atoms with Crippen LogP contribution in [0.5, 0.6) is 0 Å². The molecule has 1 aromatic heterocycles. The Balaban J connectivity index is 1.41. The Hall–Kier alpha value is -1.69. The summed E-state index contributed by atoms with van der Waals surface area (Å²) in [6, 6.07) is 14.3. The highest BCUT2D eigenvalue weighted by molar-refractivity contribution is 7.09. The van der Waals surface area contributed by atoms with Crippen LogP contribution in [0, 0.1) is 0 Å². The van der Waals surface area contributed by atoms with E-state index >= 15 is 0 Å². The fourth-order valence-electron chi connectivity index (χ4n) is 3.28. The molecular weight excluding hydrogens is 330 g/mol. The number of thiophene rings is 1. The molecule has 0 N–H and O–H groups in total. The minimum Gasteiger partial charge on any atom is -0.311 e. The number of piperazine rings is 1. The van der Waals surface area contributed by atoms with E-state index in [0.29, 0.717) is 0 Å². The second kappa shape index (κ2) is 9.13. The summed E-state index contributed by atoms with van der Waals surface area (Å²) in [6.45, 7) is 8.92. The van der Waals surface area contributed by atoms with Gasteiger partial charge in [-0.2, -0.15) is 0 Å². The van der Waals surface area contributed by atoms with Crippen LogP contribution in [-0.2, 0) is 11.2 Å². The fraction of sp³-hybridized carbons (Fsp3) is 0.450. The minimum absolute atomic E-state index is 0.112. The van der Waals surface area contributed by atoms with Crippen LogP contribution >= 0.6 is 11.3 Å². The maximum absolute atomic E-state index is 12.0. The molecule has 0 radical (unpaired) electrons. The number of hydrogen-bond donors (Lipinski definition) is 0. The van der Waals surface area contributed by atoms with Crippen LogP contribution in [0.15, 0.2) is 47.8 Å². The van der Waals surface area contributed by atoms with Crippen molar-refractivity contribution in [3.63, 3.8) is 0 Å². The van der Waals surface area contributed by atoms with Gasteiger partial charge in [-0.05, 0) is 30.0 Å². The van der Waals surface area contributed by atoms with E-state index in [1.807, 2.05) is 46.6 Å². The second-order valence-electron chi connectivity index (χ2n) is 6.52. The molecule has 0 atom stereocenters. The van der Waals surface area contributed by atoms with E-state index in [0.717, 1.165) is 57.9 Å². The van der Waals surface area contributed by atoms with Crippen molar-refractivity contribution < 1.29 is 4.79 Å². The Kier molecular flexibility index (Phi) is 6.62. The SMILES string of the molecule is CC(=O)N(CCN1CCN(CCc2cccs2)CC1)c1ccccc1. The van der Waals surface area contributed by atoms with Crippen molar-refractivity contribution in [1.82, 2.24) is 9.80 Å². The lowest BCUT2D eigenvalue weighted by Crippen LogP contribution is -2.49. The number of nitrogens with zero attached hydrogens (tertiary/aromatic N) is 3. The molecule has 1 amide bonds. The molecule has 0 unspecified atom stereocenters. The van der Waals surface area contributed by atoms with E-state index in [2.05, 4.69) is 27.3 Å². The molecular formula is C20H27N3OS. The van der Waals surface area contributed by atoms with E-state index in [1.165, 1.54) is 4.88 Å². The van der Waals surface area contributed by atoms with Crippen LogP contribution in [-0.4, -0.2) is 61.5 Å². The summed E-state index contributed by atoms with van der Waals surface area (Å²) in [7, 11) is 0. The summed E-state index contributed by atoms with van der Waals surface area (Å²) in [5.41, 5.74) is 0.990. The van der Waals surface area contributed by atoms with Crippen molar-refractivity contribution in [3.8, 4) is 0 Å². The molecule has 2 aromatic rings. The molecule has 134 valence electrons. The lowest BCUT2D eigenvalue weighted by molar-refractivity contribution is -0.116. The molecule has 2 heterocycles. The molecule has 1 aromatic carbocycles. The second-order valence-corrected chi connectivity index (χ2v) is 7.55. The number of amides is 1. The first-order chi connectivity index (χ1) is 12.2. The Morgan fingerprint density at radius 1 is 1.00 bits per heavy atom.